The molecule has 1 heterocycles. The number of hydrogen-bond acceptors (Lipinski definition) is 6. The van der Waals surface area contributed by atoms with E-state index >= 15 is 0 Å². The molecule has 0 saturated heterocycles. The highest BCUT2D eigenvalue weighted by Crippen LogP contribution is 2.13. The van der Waals surface area contributed by atoms with Crippen molar-refractivity contribution in [2.45, 2.75) is 13.3 Å². The smallest absolute Gasteiger partial charge is 0.251 e. The van der Waals surface area contributed by atoms with Crippen molar-refractivity contribution in [1.82, 2.24) is 15.5 Å². The van der Waals surface area contributed by atoms with Crippen molar-refractivity contribution in [2.24, 2.45) is 5.73 Å². The van der Waals surface area contributed by atoms with Gasteiger partial charge in [-0.2, -0.15) is 4.98 Å². The summed E-state index contributed by atoms with van der Waals surface area (Å²) in [6.07, 6.45) is 0.520. The Morgan fingerprint density at radius 1 is 1.48 bits per heavy atom. The summed E-state index contributed by atoms with van der Waals surface area (Å²) in [5.74, 6) is 1.55. The van der Waals surface area contributed by atoms with Gasteiger partial charge in [0.1, 0.15) is 12.4 Å². The summed E-state index contributed by atoms with van der Waals surface area (Å²) in [7, 11) is 0. The van der Waals surface area contributed by atoms with Crippen LogP contribution in [0.1, 0.15) is 22.1 Å². The van der Waals surface area contributed by atoms with Gasteiger partial charge < -0.3 is 20.3 Å². The third-order valence-electron chi connectivity index (χ3n) is 2.69. The van der Waals surface area contributed by atoms with Gasteiger partial charge >= 0.3 is 0 Å². The first-order valence-electron chi connectivity index (χ1n) is 6.69. The lowest BCUT2D eigenvalue weighted by atomic mass is 10.2. The molecule has 0 fully saturated rings. The molecule has 0 aliphatic heterocycles. The van der Waals surface area contributed by atoms with Gasteiger partial charge in [0.05, 0.1) is 0 Å². The van der Waals surface area contributed by atoms with Crippen LogP contribution in [0.3, 0.4) is 0 Å². The Hall–Kier alpha value is -2.41. The van der Waals surface area contributed by atoms with E-state index in [0.717, 1.165) is 0 Å². The second-order valence-electron chi connectivity index (χ2n) is 4.40. The number of aromatic nitrogens is 2. The second-order valence-corrected chi connectivity index (χ2v) is 4.40. The van der Waals surface area contributed by atoms with Crippen molar-refractivity contribution in [2.75, 3.05) is 19.7 Å². The minimum atomic E-state index is -0.173. The van der Waals surface area contributed by atoms with Crippen molar-refractivity contribution in [3.05, 3.63) is 41.5 Å². The van der Waals surface area contributed by atoms with Crippen LogP contribution < -0.4 is 15.8 Å². The summed E-state index contributed by atoms with van der Waals surface area (Å²) in [6, 6.07) is 6.96. The third-order valence-corrected chi connectivity index (χ3v) is 2.69. The Morgan fingerprint density at radius 2 is 2.33 bits per heavy atom. The number of aryl methyl sites for hydroxylation is 1. The van der Waals surface area contributed by atoms with Crippen LogP contribution in [0.5, 0.6) is 5.75 Å². The number of ether oxygens (including phenoxy) is 1. The van der Waals surface area contributed by atoms with E-state index in [1.807, 2.05) is 0 Å². The van der Waals surface area contributed by atoms with Crippen LogP contribution in [0, 0.1) is 6.92 Å². The first-order chi connectivity index (χ1) is 10.2. The molecule has 2 aromatic rings. The van der Waals surface area contributed by atoms with E-state index in [1.165, 1.54) is 0 Å². The zero-order valence-electron chi connectivity index (χ0n) is 11.8. The van der Waals surface area contributed by atoms with E-state index in [2.05, 4.69) is 15.5 Å². The zero-order chi connectivity index (χ0) is 15.1. The van der Waals surface area contributed by atoms with Gasteiger partial charge in [0.25, 0.3) is 5.91 Å². The molecule has 112 valence electrons. The van der Waals surface area contributed by atoms with E-state index < -0.39 is 0 Å². The van der Waals surface area contributed by atoms with Gasteiger partial charge in [0.2, 0.25) is 5.89 Å². The molecule has 0 unspecified atom stereocenters. The number of rotatable bonds is 7. The Balaban J connectivity index is 1.85. The highest BCUT2D eigenvalue weighted by atomic mass is 16.5. The lowest BCUT2D eigenvalue weighted by molar-refractivity contribution is 0.0953. The quantitative estimate of drug-likeness (QED) is 0.777. The molecule has 7 nitrogen and oxygen atoms in total. The Kier molecular flexibility index (Phi) is 5.28. The molecular weight excluding hydrogens is 272 g/mol. The summed E-state index contributed by atoms with van der Waals surface area (Å²) in [5, 5.41) is 6.56. The molecule has 0 radical (unpaired) electrons. The van der Waals surface area contributed by atoms with E-state index in [1.54, 1.807) is 31.2 Å². The average molecular weight is 290 g/mol. The first kappa shape index (κ1) is 15.0. The third kappa shape index (κ3) is 4.57. The number of nitrogens with two attached hydrogens (primary N) is 1. The Morgan fingerprint density at radius 3 is 3.05 bits per heavy atom. The van der Waals surface area contributed by atoms with Crippen LogP contribution in [0.25, 0.3) is 0 Å². The highest BCUT2D eigenvalue weighted by Gasteiger charge is 2.07. The fraction of sp³-hybridized carbons (Fsp3) is 0.357. The molecule has 0 aliphatic rings. The van der Waals surface area contributed by atoms with Gasteiger partial charge in [0.15, 0.2) is 5.82 Å². The number of benzene rings is 1. The van der Waals surface area contributed by atoms with Gasteiger partial charge in [-0.3, -0.25) is 4.79 Å². The molecule has 1 aromatic heterocycles. The molecule has 0 saturated carbocycles. The van der Waals surface area contributed by atoms with Crippen molar-refractivity contribution < 1.29 is 14.1 Å². The lowest BCUT2D eigenvalue weighted by Crippen LogP contribution is -2.26. The Bertz CT molecular complexity index is 597. The lowest BCUT2D eigenvalue weighted by Gasteiger charge is -2.07. The molecule has 0 atom stereocenters. The molecule has 2 rings (SSSR count). The van der Waals surface area contributed by atoms with Crippen LogP contribution >= 0.6 is 0 Å². The first-order valence-corrected chi connectivity index (χ1v) is 6.69. The van der Waals surface area contributed by atoms with Crippen LogP contribution in [-0.2, 0) is 6.42 Å². The molecule has 0 bridgehead atoms. The largest absolute Gasteiger partial charge is 0.492 e. The standard InChI is InChI=1S/C14H18N4O3/c1-10-17-13(18-21-10)5-7-16-14(19)11-3-2-4-12(9-11)20-8-6-15/h2-4,9H,5-8,15H2,1H3,(H,16,19). The SMILES string of the molecule is Cc1nc(CCNC(=O)c2cccc(OCCN)c2)no1. The maximum absolute atomic E-state index is 12.0. The minimum absolute atomic E-state index is 0.173. The van der Waals surface area contributed by atoms with Crippen LogP contribution in [-0.4, -0.2) is 35.7 Å². The molecule has 0 aliphatic carbocycles. The molecule has 21 heavy (non-hydrogen) atoms. The van der Waals surface area contributed by atoms with Crippen LogP contribution in [0.4, 0.5) is 0 Å². The predicted molar refractivity (Wildman–Crippen MR) is 76.1 cm³/mol. The predicted octanol–water partition coefficient (Wildman–Crippen LogP) is 0.688. The summed E-state index contributed by atoms with van der Waals surface area (Å²) in [6.45, 7) is 3.01. The fourth-order valence-corrected chi connectivity index (χ4v) is 1.74. The molecule has 3 N–H and O–H groups in total. The molecular formula is C14H18N4O3. The zero-order valence-corrected chi connectivity index (χ0v) is 11.8. The maximum atomic E-state index is 12.0. The van der Waals surface area contributed by atoms with Crippen LogP contribution in [0.15, 0.2) is 28.8 Å². The number of carbonyl (C=O) groups is 1. The van der Waals surface area contributed by atoms with E-state index in [9.17, 15) is 4.79 Å². The molecule has 1 amide bonds. The van der Waals surface area contributed by atoms with Gasteiger partial charge in [-0.15, -0.1) is 0 Å². The molecule has 1 aromatic carbocycles. The van der Waals surface area contributed by atoms with Crippen molar-refractivity contribution in [3.8, 4) is 5.75 Å². The Labute approximate surface area is 122 Å². The van der Waals surface area contributed by atoms with E-state index in [4.69, 9.17) is 15.0 Å². The van der Waals surface area contributed by atoms with E-state index in [0.29, 0.717) is 49.1 Å². The number of nitrogens with zero attached hydrogens (tertiary/aromatic N) is 2. The van der Waals surface area contributed by atoms with Gasteiger partial charge in [0, 0.05) is 32.0 Å². The summed E-state index contributed by atoms with van der Waals surface area (Å²) in [4.78, 5) is 16.1. The normalized spacial score (nSPS) is 10.4. The van der Waals surface area contributed by atoms with Gasteiger partial charge in [-0.05, 0) is 18.2 Å². The molecule has 7 heteroatoms. The summed E-state index contributed by atoms with van der Waals surface area (Å²) < 4.78 is 10.2. The van der Waals surface area contributed by atoms with E-state index in [-0.39, 0.29) is 5.91 Å². The average Bonchev–Trinajstić information content (AvgIpc) is 2.91. The number of nitrogens with one attached hydrogen (secondary N) is 1. The number of amides is 1. The fourth-order valence-electron chi connectivity index (χ4n) is 1.74. The topological polar surface area (TPSA) is 103 Å². The van der Waals surface area contributed by atoms with Crippen molar-refractivity contribution in [3.63, 3.8) is 0 Å². The second kappa shape index (κ2) is 7.39. The van der Waals surface area contributed by atoms with Gasteiger partial charge in [-0.25, -0.2) is 0 Å². The molecule has 0 spiro atoms. The van der Waals surface area contributed by atoms with Crippen LogP contribution in [0.2, 0.25) is 0 Å². The maximum Gasteiger partial charge on any atom is 0.251 e. The number of hydrogen-bond donors (Lipinski definition) is 2. The summed E-state index contributed by atoms with van der Waals surface area (Å²) >= 11 is 0. The number of carbonyl (C=O) groups excluding carboxylic acids is 1. The van der Waals surface area contributed by atoms with Crippen molar-refractivity contribution >= 4 is 5.91 Å². The van der Waals surface area contributed by atoms with Crippen molar-refractivity contribution in [1.29, 1.82) is 0 Å². The monoisotopic (exact) mass is 290 g/mol. The summed E-state index contributed by atoms with van der Waals surface area (Å²) in [5.41, 5.74) is 5.91. The van der Waals surface area contributed by atoms with Gasteiger partial charge in [-0.1, -0.05) is 11.2 Å². The minimum Gasteiger partial charge on any atom is -0.492 e. The highest BCUT2D eigenvalue weighted by molar-refractivity contribution is 5.94.